The maximum absolute atomic E-state index is 12.7. The van der Waals surface area contributed by atoms with Crippen molar-refractivity contribution in [1.82, 2.24) is 19.8 Å². The van der Waals surface area contributed by atoms with E-state index in [0.717, 1.165) is 12.1 Å². The Labute approximate surface area is 199 Å². The number of anilines is 1. The minimum Gasteiger partial charge on any atom is -0.490 e. The Morgan fingerprint density at radius 2 is 1.71 bits per heavy atom. The number of amides is 1. The zero-order valence-electron chi connectivity index (χ0n) is 18.4. The van der Waals surface area contributed by atoms with Crippen molar-refractivity contribution in [3.05, 3.63) is 48.3 Å². The van der Waals surface area contributed by atoms with Crippen LogP contribution in [-0.4, -0.2) is 62.4 Å². The van der Waals surface area contributed by atoms with Crippen molar-refractivity contribution in [3.63, 3.8) is 0 Å². The van der Waals surface area contributed by atoms with Crippen molar-refractivity contribution in [2.75, 3.05) is 31.1 Å². The second kappa shape index (κ2) is 10.4. The second-order valence-corrected chi connectivity index (χ2v) is 9.81. The summed E-state index contributed by atoms with van der Waals surface area (Å²) in [6.45, 7) is 2.47. The standard InChI is InChI=1S/C22H26F3N5O3S/c23-22(24,25)16-2-4-17(5-3-16)33-18-6-12-30(13-7-18)34-21(19(31)28-32)8-14-29(15-9-21)20-26-10-1-11-27-20/h1-5,10-11,18,32H,6-9,12-15H2,(H,28,31). The summed E-state index contributed by atoms with van der Waals surface area (Å²) in [6.07, 6.45) is 1.25. The molecule has 8 nitrogen and oxygen atoms in total. The van der Waals surface area contributed by atoms with E-state index in [4.69, 9.17) is 4.74 Å². The number of carbonyl (C=O) groups is 1. The number of piperidine rings is 2. The lowest BCUT2D eigenvalue weighted by Gasteiger charge is -2.43. The summed E-state index contributed by atoms with van der Waals surface area (Å²) in [6, 6.07) is 6.47. The third kappa shape index (κ3) is 5.73. The Morgan fingerprint density at radius 1 is 1.09 bits per heavy atom. The van der Waals surface area contributed by atoms with Crippen molar-refractivity contribution in [1.29, 1.82) is 0 Å². The van der Waals surface area contributed by atoms with Crippen molar-refractivity contribution >= 4 is 23.8 Å². The summed E-state index contributed by atoms with van der Waals surface area (Å²) in [4.78, 5) is 23.2. The van der Waals surface area contributed by atoms with Crippen LogP contribution in [-0.2, 0) is 11.0 Å². The molecule has 2 aromatic rings. The number of hydrogen-bond acceptors (Lipinski definition) is 8. The predicted octanol–water partition coefficient (Wildman–Crippen LogP) is 3.53. The second-order valence-electron chi connectivity index (χ2n) is 8.33. The third-order valence-corrected chi connectivity index (χ3v) is 7.68. The molecular formula is C22H26F3N5O3S. The summed E-state index contributed by atoms with van der Waals surface area (Å²) >= 11 is 1.45. The fourth-order valence-electron chi connectivity index (χ4n) is 4.19. The molecule has 0 radical (unpaired) electrons. The zero-order chi connectivity index (χ0) is 24.2. The summed E-state index contributed by atoms with van der Waals surface area (Å²) < 4.78 is 45.4. The summed E-state index contributed by atoms with van der Waals surface area (Å²) in [7, 11) is 0. The molecular weight excluding hydrogens is 471 g/mol. The van der Waals surface area contributed by atoms with Crippen molar-refractivity contribution in [3.8, 4) is 5.75 Å². The van der Waals surface area contributed by atoms with E-state index in [9.17, 15) is 23.2 Å². The monoisotopic (exact) mass is 497 g/mol. The molecule has 0 saturated carbocycles. The zero-order valence-corrected chi connectivity index (χ0v) is 19.2. The highest BCUT2D eigenvalue weighted by Gasteiger charge is 2.45. The van der Waals surface area contributed by atoms with Gasteiger partial charge in [0.2, 0.25) is 5.95 Å². The normalized spacial score (nSPS) is 19.6. The van der Waals surface area contributed by atoms with Gasteiger partial charge in [0.25, 0.3) is 5.91 Å². The highest BCUT2D eigenvalue weighted by Crippen LogP contribution is 2.40. The van der Waals surface area contributed by atoms with Crippen LogP contribution in [0.25, 0.3) is 0 Å². The summed E-state index contributed by atoms with van der Waals surface area (Å²) in [5.41, 5.74) is 1.13. The molecule has 2 fully saturated rings. The van der Waals surface area contributed by atoms with E-state index in [0.29, 0.717) is 63.6 Å². The molecule has 0 atom stereocenters. The molecule has 34 heavy (non-hydrogen) atoms. The Kier molecular flexibility index (Phi) is 7.48. The molecule has 1 aromatic heterocycles. The largest absolute Gasteiger partial charge is 0.490 e. The highest BCUT2D eigenvalue weighted by molar-refractivity contribution is 7.99. The van der Waals surface area contributed by atoms with Gasteiger partial charge in [0.05, 0.1) is 5.56 Å². The molecule has 0 aliphatic carbocycles. The fraction of sp³-hybridized carbons (Fsp3) is 0.500. The van der Waals surface area contributed by atoms with E-state index in [1.165, 1.54) is 24.1 Å². The van der Waals surface area contributed by atoms with Crippen LogP contribution in [0.2, 0.25) is 0 Å². The maximum atomic E-state index is 12.7. The van der Waals surface area contributed by atoms with Gasteiger partial charge < -0.3 is 9.64 Å². The molecule has 1 aromatic carbocycles. The SMILES string of the molecule is O=C(NO)C1(SN2CCC(Oc3ccc(C(F)(F)F)cc3)CC2)CCN(c2ncccn2)CC1. The van der Waals surface area contributed by atoms with Crippen molar-refractivity contribution in [2.24, 2.45) is 0 Å². The van der Waals surface area contributed by atoms with Crippen LogP contribution in [0.1, 0.15) is 31.2 Å². The molecule has 3 heterocycles. The Balaban J connectivity index is 1.31. The number of nitrogens with one attached hydrogen (secondary N) is 1. The first-order valence-electron chi connectivity index (χ1n) is 11.0. The number of alkyl halides is 3. The molecule has 1 amide bonds. The number of benzene rings is 1. The molecule has 2 aliphatic heterocycles. The summed E-state index contributed by atoms with van der Waals surface area (Å²) in [5, 5.41) is 9.38. The van der Waals surface area contributed by atoms with E-state index in [1.807, 2.05) is 10.4 Å². The third-order valence-electron chi connectivity index (χ3n) is 6.11. The first-order valence-corrected chi connectivity index (χ1v) is 11.8. The smallest absolute Gasteiger partial charge is 0.416 e. The quantitative estimate of drug-likeness (QED) is 0.356. The van der Waals surface area contributed by atoms with Gasteiger partial charge in [0, 0.05) is 38.6 Å². The van der Waals surface area contributed by atoms with Gasteiger partial charge in [-0.25, -0.2) is 19.8 Å². The molecule has 0 spiro atoms. The molecule has 184 valence electrons. The van der Waals surface area contributed by atoms with Crippen LogP contribution in [0, 0.1) is 0 Å². The topological polar surface area (TPSA) is 90.8 Å². The van der Waals surface area contributed by atoms with Gasteiger partial charge in [-0.15, -0.1) is 0 Å². The average molecular weight is 498 g/mol. The molecule has 4 rings (SSSR count). The minimum absolute atomic E-state index is 0.117. The maximum Gasteiger partial charge on any atom is 0.416 e. The Bertz CT molecular complexity index is 949. The number of rotatable bonds is 6. The molecule has 2 aliphatic rings. The van der Waals surface area contributed by atoms with Gasteiger partial charge in [-0.1, -0.05) is 11.9 Å². The molecule has 12 heteroatoms. The predicted molar refractivity (Wildman–Crippen MR) is 120 cm³/mol. The van der Waals surface area contributed by atoms with Gasteiger partial charge in [-0.3, -0.25) is 10.0 Å². The number of ether oxygens (including phenoxy) is 1. The van der Waals surface area contributed by atoms with Crippen LogP contribution in [0.15, 0.2) is 42.7 Å². The lowest BCUT2D eigenvalue weighted by molar-refractivity contribution is -0.137. The Hall–Kier alpha value is -2.57. The van der Waals surface area contributed by atoms with Crippen LogP contribution >= 0.6 is 11.9 Å². The fourth-order valence-corrected chi connectivity index (χ4v) is 5.57. The Morgan fingerprint density at radius 3 is 2.26 bits per heavy atom. The number of aromatic nitrogens is 2. The number of halogens is 3. The van der Waals surface area contributed by atoms with Gasteiger partial charge >= 0.3 is 6.18 Å². The van der Waals surface area contributed by atoms with Crippen LogP contribution in [0.5, 0.6) is 5.75 Å². The van der Waals surface area contributed by atoms with Crippen molar-refractivity contribution < 1.29 is 27.9 Å². The number of nitrogens with zero attached hydrogens (tertiary/aromatic N) is 4. The van der Waals surface area contributed by atoms with E-state index in [1.54, 1.807) is 18.5 Å². The molecule has 0 bridgehead atoms. The lowest BCUT2D eigenvalue weighted by Crippen LogP contribution is -2.53. The van der Waals surface area contributed by atoms with Gasteiger partial charge in [-0.05, 0) is 56.0 Å². The lowest BCUT2D eigenvalue weighted by atomic mass is 9.95. The van der Waals surface area contributed by atoms with Gasteiger partial charge in [0.15, 0.2) is 0 Å². The van der Waals surface area contributed by atoms with E-state index in [-0.39, 0.29) is 6.10 Å². The van der Waals surface area contributed by atoms with Gasteiger partial charge in [0.1, 0.15) is 16.6 Å². The number of carbonyl (C=O) groups excluding carboxylic acids is 1. The number of hydrogen-bond donors (Lipinski definition) is 2. The first kappa shape index (κ1) is 24.6. The average Bonchev–Trinajstić information content (AvgIpc) is 2.85. The van der Waals surface area contributed by atoms with Crippen LogP contribution < -0.4 is 15.1 Å². The van der Waals surface area contributed by atoms with E-state index < -0.39 is 22.4 Å². The molecule has 2 saturated heterocycles. The van der Waals surface area contributed by atoms with Crippen molar-refractivity contribution in [2.45, 2.75) is 42.7 Å². The number of hydroxylamine groups is 1. The van der Waals surface area contributed by atoms with Gasteiger partial charge in [-0.2, -0.15) is 13.2 Å². The van der Waals surface area contributed by atoms with E-state index >= 15 is 0 Å². The van der Waals surface area contributed by atoms with E-state index in [2.05, 4.69) is 14.3 Å². The first-order chi connectivity index (χ1) is 16.3. The van der Waals surface area contributed by atoms with Crippen LogP contribution in [0.3, 0.4) is 0 Å². The molecule has 0 unspecified atom stereocenters. The van der Waals surface area contributed by atoms with Crippen LogP contribution in [0.4, 0.5) is 19.1 Å². The highest BCUT2D eigenvalue weighted by atomic mass is 32.2. The minimum atomic E-state index is -4.37. The molecule has 2 N–H and O–H groups in total. The summed E-state index contributed by atoms with van der Waals surface area (Å²) in [5.74, 6) is 0.603.